The second-order valence-corrected chi connectivity index (χ2v) is 4.29. The minimum absolute atomic E-state index is 0.0227. The molecule has 0 radical (unpaired) electrons. The molecule has 18 heavy (non-hydrogen) atoms. The highest BCUT2D eigenvalue weighted by molar-refractivity contribution is 5.41. The predicted octanol–water partition coefficient (Wildman–Crippen LogP) is 2.55. The van der Waals surface area contributed by atoms with Gasteiger partial charge in [-0.25, -0.2) is 0 Å². The van der Waals surface area contributed by atoms with Crippen LogP contribution in [0.5, 0.6) is 11.5 Å². The lowest BCUT2D eigenvalue weighted by atomic mass is 10.1. The Morgan fingerprint density at radius 3 is 2.50 bits per heavy atom. The lowest BCUT2D eigenvalue weighted by Crippen LogP contribution is -2.15. The van der Waals surface area contributed by atoms with Crippen LogP contribution in [0.2, 0.25) is 0 Å². The first-order chi connectivity index (χ1) is 8.58. The highest BCUT2D eigenvalue weighted by atomic mass is 16.5. The average Bonchev–Trinajstić information content (AvgIpc) is 2.35. The van der Waals surface area contributed by atoms with Crippen LogP contribution in [0.1, 0.15) is 31.9 Å². The maximum atomic E-state index is 9.71. The molecule has 4 nitrogen and oxygen atoms in total. The van der Waals surface area contributed by atoms with Crippen molar-refractivity contribution in [3.8, 4) is 11.5 Å². The molecule has 0 saturated carbocycles. The van der Waals surface area contributed by atoms with Gasteiger partial charge < -0.3 is 19.3 Å². The Balaban J connectivity index is 2.83. The van der Waals surface area contributed by atoms with Gasteiger partial charge in [-0.3, -0.25) is 0 Å². The molecule has 102 valence electrons. The number of rotatable bonds is 7. The fourth-order valence-electron chi connectivity index (χ4n) is 1.65. The molecule has 1 N–H and O–H groups in total. The Hall–Kier alpha value is -1.26. The molecule has 2 atom stereocenters. The third-order valence-electron chi connectivity index (χ3n) is 2.73. The third-order valence-corrected chi connectivity index (χ3v) is 2.73. The maximum absolute atomic E-state index is 9.71. The number of hydrogen-bond acceptors (Lipinski definition) is 4. The van der Waals surface area contributed by atoms with Gasteiger partial charge in [0.1, 0.15) is 11.5 Å². The lowest BCUT2D eigenvalue weighted by molar-refractivity contribution is 0.129. The van der Waals surface area contributed by atoms with E-state index in [1.807, 2.05) is 19.1 Å². The largest absolute Gasteiger partial charge is 0.497 e. The van der Waals surface area contributed by atoms with E-state index in [1.54, 1.807) is 27.2 Å². The first-order valence-electron chi connectivity index (χ1n) is 6.10. The summed E-state index contributed by atoms with van der Waals surface area (Å²) >= 11 is 0. The van der Waals surface area contributed by atoms with E-state index in [-0.39, 0.29) is 6.10 Å². The molecule has 0 aliphatic carbocycles. The first-order valence-corrected chi connectivity index (χ1v) is 6.10. The number of methoxy groups -OCH3 is 2. The standard InChI is InChI=1S/C14H22O4/c1-10(7-8-16-3)18-14-9-12(17-4)5-6-13(14)11(2)15/h5-6,9-11,15H,7-8H2,1-4H3. The van der Waals surface area contributed by atoms with Crippen LogP contribution in [0.15, 0.2) is 18.2 Å². The van der Waals surface area contributed by atoms with E-state index in [0.717, 1.165) is 12.0 Å². The van der Waals surface area contributed by atoms with Gasteiger partial charge in [0.15, 0.2) is 0 Å². The van der Waals surface area contributed by atoms with Gasteiger partial charge in [-0.05, 0) is 26.0 Å². The van der Waals surface area contributed by atoms with Crippen molar-refractivity contribution in [2.24, 2.45) is 0 Å². The normalized spacial score (nSPS) is 14.1. The zero-order valence-electron chi connectivity index (χ0n) is 11.5. The summed E-state index contributed by atoms with van der Waals surface area (Å²) in [4.78, 5) is 0. The van der Waals surface area contributed by atoms with E-state index < -0.39 is 6.10 Å². The molecule has 0 fully saturated rings. The summed E-state index contributed by atoms with van der Waals surface area (Å²) in [5.41, 5.74) is 0.764. The molecular weight excluding hydrogens is 232 g/mol. The van der Waals surface area contributed by atoms with Gasteiger partial charge in [-0.2, -0.15) is 0 Å². The van der Waals surface area contributed by atoms with Gasteiger partial charge in [0.05, 0.1) is 19.3 Å². The van der Waals surface area contributed by atoms with Crippen molar-refractivity contribution in [1.82, 2.24) is 0 Å². The molecule has 0 aliphatic heterocycles. The van der Waals surface area contributed by atoms with E-state index in [2.05, 4.69) is 0 Å². The Bertz CT molecular complexity index is 363. The van der Waals surface area contributed by atoms with Gasteiger partial charge in [0.25, 0.3) is 0 Å². The Kier molecular flexibility index (Phi) is 5.95. The van der Waals surface area contributed by atoms with Crippen LogP contribution in [-0.4, -0.2) is 32.0 Å². The minimum atomic E-state index is -0.569. The SMILES string of the molecule is COCCC(C)Oc1cc(OC)ccc1C(C)O. The number of hydrogen-bond donors (Lipinski definition) is 1. The van der Waals surface area contributed by atoms with E-state index in [4.69, 9.17) is 14.2 Å². The average molecular weight is 254 g/mol. The van der Waals surface area contributed by atoms with Crippen molar-refractivity contribution in [2.45, 2.75) is 32.5 Å². The van der Waals surface area contributed by atoms with E-state index in [9.17, 15) is 5.11 Å². The molecule has 0 saturated heterocycles. The van der Waals surface area contributed by atoms with Crippen molar-refractivity contribution < 1.29 is 19.3 Å². The summed E-state index contributed by atoms with van der Waals surface area (Å²) in [5.74, 6) is 1.38. The summed E-state index contributed by atoms with van der Waals surface area (Å²) in [7, 11) is 3.27. The van der Waals surface area contributed by atoms with Crippen LogP contribution in [-0.2, 0) is 4.74 Å². The predicted molar refractivity (Wildman–Crippen MR) is 70.2 cm³/mol. The summed E-state index contributed by atoms with van der Waals surface area (Å²) in [6.45, 7) is 4.34. The second-order valence-electron chi connectivity index (χ2n) is 4.29. The smallest absolute Gasteiger partial charge is 0.129 e. The molecule has 1 rings (SSSR count). The summed E-state index contributed by atoms with van der Waals surface area (Å²) in [6, 6.07) is 5.43. The zero-order chi connectivity index (χ0) is 13.5. The van der Waals surface area contributed by atoms with Crippen LogP contribution in [0.4, 0.5) is 0 Å². The number of benzene rings is 1. The van der Waals surface area contributed by atoms with Gasteiger partial charge in [-0.15, -0.1) is 0 Å². The third kappa shape index (κ3) is 4.20. The fraction of sp³-hybridized carbons (Fsp3) is 0.571. The van der Waals surface area contributed by atoms with Crippen molar-refractivity contribution >= 4 is 0 Å². The number of aliphatic hydroxyl groups is 1. The summed E-state index contributed by atoms with van der Waals surface area (Å²) < 4.78 is 16.0. The van der Waals surface area contributed by atoms with Crippen LogP contribution in [0, 0.1) is 0 Å². The van der Waals surface area contributed by atoms with Gasteiger partial charge in [-0.1, -0.05) is 0 Å². The van der Waals surface area contributed by atoms with E-state index >= 15 is 0 Å². The van der Waals surface area contributed by atoms with Crippen LogP contribution in [0.25, 0.3) is 0 Å². The molecule has 4 heteroatoms. The van der Waals surface area contributed by atoms with Gasteiger partial charge in [0.2, 0.25) is 0 Å². The van der Waals surface area contributed by atoms with Crippen molar-refractivity contribution in [3.05, 3.63) is 23.8 Å². The quantitative estimate of drug-likeness (QED) is 0.812. The van der Waals surface area contributed by atoms with E-state index in [1.165, 1.54) is 0 Å². The number of ether oxygens (including phenoxy) is 3. The van der Waals surface area contributed by atoms with Crippen LogP contribution < -0.4 is 9.47 Å². The van der Waals surface area contributed by atoms with Gasteiger partial charge in [0, 0.05) is 31.8 Å². The molecule has 0 amide bonds. The highest BCUT2D eigenvalue weighted by Gasteiger charge is 2.13. The molecule has 1 aromatic rings. The summed E-state index contributed by atoms with van der Waals surface area (Å²) in [6.07, 6.45) is 0.252. The summed E-state index contributed by atoms with van der Waals surface area (Å²) in [5, 5.41) is 9.71. The molecule has 0 spiro atoms. The van der Waals surface area contributed by atoms with Crippen molar-refractivity contribution in [2.75, 3.05) is 20.8 Å². The molecule has 1 aromatic carbocycles. The van der Waals surface area contributed by atoms with Crippen molar-refractivity contribution in [3.63, 3.8) is 0 Å². The maximum Gasteiger partial charge on any atom is 0.129 e. The number of aliphatic hydroxyl groups excluding tert-OH is 1. The Labute approximate surface area is 108 Å². The molecule has 0 aliphatic rings. The zero-order valence-corrected chi connectivity index (χ0v) is 11.5. The monoisotopic (exact) mass is 254 g/mol. The van der Waals surface area contributed by atoms with Gasteiger partial charge >= 0.3 is 0 Å². The molecular formula is C14H22O4. The van der Waals surface area contributed by atoms with Crippen LogP contribution in [0.3, 0.4) is 0 Å². The Morgan fingerprint density at radius 1 is 1.22 bits per heavy atom. The molecule has 2 unspecified atom stereocenters. The molecule has 0 heterocycles. The molecule has 0 aromatic heterocycles. The second kappa shape index (κ2) is 7.24. The van der Waals surface area contributed by atoms with Crippen molar-refractivity contribution in [1.29, 1.82) is 0 Å². The Morgan fingerprint density at radius 2 is 1.94 bits per heavy atom. The highest BCUT2D eigenvalue weighted by Crippen LogP contribution is 2.30. The van der Waals surface area contributed by atoms with E-state index in [0.29, 0.717) is 18.1 Å². The first kappa shape index (κ1) is 14.8. The lowest BCUT2D eigenvalue weighted by Gasteiger charge is -2.19. The fourth-order valence-corrected chi connectivity index (χ4v) is 1.65. The topological polar surface area (TPSA) is 47.9 Å². The molecule has 0 bridgehead atoms. The minimum Gasteiger partial charge on any atom is -0.497 e. The van der Waals surface area contributed by atoms with Crippen LogP contribution >= 0.6 is 0 Å².